The van der Waals surface area contributed by atoms with E-state index in [-0.39, 0.29) is 5.91 Å². The van der Waals surface area contributed by atoms with E-state index in [9.17, 15) is 4.79 Å². The quantitative estimate of drug-likeness (QED) is 0.937. The number of fused-ring (bicyclic) bond motifs is 1. The average molecular weight is 331 g/mol. The van der Waals surface area contributed by atoms with Crippen molar-refractivity contribution < 1.29 is 9.53 Å². The molecule has 0 radical (unpaired) electrons. The molecule has 0 aliphatic carbocycles. The van der Waals surface area contributed by atoms with E-state index < -0.39 is 6.04 Å². The molecule has 3 rings (SSSR count). The van der Waals surface area contributed by atoms with E-state index in [1.165, 1.54) is 11.1 Å². The molecule has 23 heavy (non-hydrogen) atoms. The number of rotatable bonds is 4. The summed E-state index contributed by atoms with van der Waals surface area (Å²) in [5.74, 6) is 0.615. The van der Waals surface area contributed by atoms with Gasteiger partial charge in [-0.15, -0.1) is 0 Å². The molecule has 2 aromatic rings. The van der Waals surface area contributed by atoms with Gasteiger partial charge in [0.2, 0.25) is 5.91 Å². The zero-order chi connectivity index (χ0) is 16.4. The topological polar surface area (TPSA) is 55.6 Å². The van der Waals surface area contributed by atoms with Crippen LogP contribution in [-0.2, 0) is 24.3 Å². The Bertz CT molecular complexity index is 708. The van der Waals surface area contributed by atoms with Crippen molar-refractivity contribution in [2.24, 2.45) is 5.73 Å². The second-order valence-electron chi connectivity index (χ2n) is 5.73. The zero-order valence-corrected chi connectivity index (χ0v) is 13.7. The summed E-state index contributed by atoms with van der Waals surface area (Å²) >= 11 is 5.96. The van der Waals surface area contributed by atoms with E-state index >= 15 is 0 Å². The summed E-state index contributed by atoms with van der Waals surface area (Å²) in [5.41, 5.74) is 9.41. The third-order valence-corrected chi connectivity index (χ3v) is 4.39. The van der Waals surface area contributed by atoms with Crippen LogP contribution in [0.3, 0.4) is 0 Å². The van der Waals surface area contributed by atoms with Gasteiger partial charge in [0.25, 0.3) is 0 Å². The molecule has 1 aliphatic heterocycles. The molecular formula is C18H19ClN2O2. The number of carbonyl (C=O) groups is 1. The van der Waals surface area contributed by atoms with E-state index in [0.717, 1.165) is 5.56 Å². The maximum Gasteiger partial charge on any atom is 0.240 e. The van der Waals surface area contributed by atoms with Gasteiger partial charge in [0.1, 0.15) is 5.75 Å². The number of carbonyl (C=O) groups excluding carboxylic acids is 1. The van der Waals surface area contributed by atoms with Crippen molar-refractivity contribution in [1.29, 1.82) is 0 Å². The highest BCUT2D eigenvalue weighted by Gasteiger charge is 2.27. The number of benzene rings is 2. The van der Waals surface area contributed by atoms with Crippen molar-refractivity contribution in [3.63, 3.8) is 0 Å². The first-order chi connectivity index (χ1) is 11.1. The minimum atomic E-state index is -0.598. The van der Waals surface area contributed by atoms with Crippen LogP contribution in [-0.4, -0.2) is 24.0 Å². The molecule has 0 saturated heterocycles. The van der Waals surface area contributed by atoms with Crippen LogP contribution in [0.25, 0.3) is 0 Å². The van der Waals surface area contributed by atoms with E-state index in [2.05, 4.69) is 12.1 Å². The largest absolute Gasteiger partial charge is 0.496 e. The fraction of sp³-hybridized carbons (Fsp3) is 0.278. The van der Waals surface area contributed by atoms with Gasteiger partial charge in [0, 0.05) is 24.5 Å². The molecule has 1 atom stereocenters. The molecular weight excluding hydrogens is 312 g/mol. The van der Waals surface area contributed by atoms with Gasteiger partial charge >= 0.3 is 0 Å². The standard InChI is InChI=1S/C18H19ClN2O2/c1-23-17-9-15(19)7-6-12(17)8-16(20)18(22)21-10-13-4-2-3-5-14(13)11-21/h2-7,9,16H,8,10-11,20H2,1H3. The van der Waals surface area contributed by atoms with Gasteiger partial charge < -0.3 is 15.4 Å². The monoisotopic (exact) mass is 330 g/mol. The van der Waals surface area contributed by atoms with Gasteiger partial charge in [-0.25, -0.2) is 0 Å². The molecule has 0 bridgehead atoms. The Morgan fingerprint density at radius 3 is 2.52 bits per heavy atom. The summed E-state index contributed by atoms with van der Waals surface area (Å²) in [6.07, 6.45) is 0.423. The molecule has 2 N–H and O–H groups in total. The van der Waals surface area contributed by atoms with Crippen molar-refractivity contribution in [2.75, 3.05) is 7.11 Å². The molecule has 2 aromatic carbocycles. The maximum atomic E-state index is 12.6. The number of hydrogen-bond acceptors (Lipinski definition) is 3. The number of halogens is 1. The van der Waals surface area contributed by atoms with Crippen molar-refractivity contribution in [1.82, 2.24) is 4.90 Å². The lowest BCUT2D eigenvalue weighted by Crippen LogP contribution is -2.42. The Morgan fingerprint density at radius 2 is 1.91 bits per heavy atom. The van der Waals surface area contributed by atoms with Gasteiger partial charge in [0.15, 0.2) is 0 Å². The minimum absolute atomic E-state index is 0.0433. The fourth-order valence-corrected chi connectivity index (χ4v) is 3.10. The smallest absolute Gasteiger partial charge is 0.240 e. The lowest BCUT2D eigenvalue weighted by Gasteiger charge is -2.21. The highest BCUT2D eigenvalue weighted by molar-refractivity contribution is 6.30. The van der Waals surface area contributed by atoms with Gasteiger partial charge in [-0.05, 0) is 28.8 Å². The summed E-state index contributed by atoms with van der Waals surface area (Å²) in [6.45, 7) is 1.25. The molecule has 1 amide bonds. The Hall–Kier alpha value is -2.04. The van der Waals surface area contributed by atoms with Crippen LogP contribution in [0.1, 0.15) is 16.7 Å². The average Bonchev–Trinajstić information content (AvgIpc) is 2.99. The van der Waals surface area contributed by atoms with Gasteiger partial charge in [-0.3, -0.25) is 4.79 Å². The van der Waals surface area contributed by atoms with Gasteiger partial charge in [0.05, 0.1) is 13.2 Å². The highest BCUT2D eigenvalue weighted by atomic mass is 35.5. The van der Waals surface area contributed by atoms with Crippen LogP contribution in [0.15, 0.2) is 42.5 Å². The Kier molecular flexibility index (Phi) is 4.55. The van der Waals surface area contributed by atoms with Crippen LogP contribution in [0.2, 0.25) is 5.02 Å². The van der Waals surface area contributed by atoms with Crippen LogP contribution in [0.5, 0.6) is 5.75 Å². The van der Waals surface area contributed by atoms with E-state index in [0.29, 0.717) is 30.3 Å². The first kappa shape index (κ1) is 15.8. The second kappa shape index (κ2) is 6.60. The first-order valence-electron chi connectivity index (χ1n) is 7.52. The molecule has 0 fully saturated rings. The third kappa shape index (κ3) is 3.33. The molecule has 1 heterocycles. The van der Waals surface area contributed by atoms with Crippen LogP contribution in [0, 0.1) is 0 Å². The normalized spacial score (nSPS) is 14.5. The highest BCUT2D eigenvalue weighted by Crippen LogP contribution is 2.26. The van der Waals surface area contributed by atoms with Crippen LogP contribution < -0.4 is 10.5 Å². The Labute approximate surface area is 140 Å². The molecule has 0 saturated carbocycles. The third-order valence-electron chi connectivity index (χ3n) is 4.16. The molecule has 1 unspecified atom stereocenters. The summed E-state index contributed by atoms with van der Waals surface area (Å²) in [4.78, 5) is 14.4. The number of ether oxygens (including phenoxy) is 1. The summed E-state index contributed by atoms with van der Waals surface area (Å²) < 4.78 is 5.32. The number of methoxy groups -OCH3 is 1. The summed E-state index contributed by atoms with van der Waals surface area (Å²) in [7, 11) is 1.58. The number of nitrogens with two attached hydrogens (primary N) is 1. The Balaban J connectivity index is 1.70. The zero-order valence-electron chi connectivity index (χ0n) is 13.0. The lowest BCUT2D eigenvalue weighted by atomic mass is 10.0. The van der Waals surface area contributed by atoms with E-state index in [1.807, 2.05) is 18.2 Å². The minimum Gasteiger partial charge on any atom is -0.496 e. The number of hydrogen-bond donors (Lipinski definition) is 1. The Morgan fingerprint density at radius 1 is 1.26 bits per heavy atom. The lowest BCUT2D eigenvalue weighted by molar-refractivity contribution is -0.133. The van der Waals surface area contributed by atoms with Crippen molar-refractivity contribution >= 4 is 17.5 Å². The van der Waals surface area contributed by atoms with Crippen molar-refractivity contribution in [3.05, 3.63) is 64.2 Å². The van der Waals surface area contributed by atoms with Crippen LogP contribution >= 0.6 is 11.6 Å². The van der Waals surface area contributed by atoms with Gasteiger partial charge in [-0.2, -0.15) is 0 Å². The predicted octanol–water partition coefficient (Wildman–Crippen LogP) is 2.76. The second-order valence-corrected chi connectivity index (χ2v) is 6.17. The molecule has 0 aromatic heterocycles. The van der Waals surface area contributed by atoms with Gasteiger partial charge in [-0.1, -0.05) is 41.9 Å². The number of nitrogens with zero attached hydrogens (tertiary/aromatic N) is 1. The molecule has 4 nitrogen and oxygen atoms in total. The summed E-state index contributed by atoms with van der Waals surface area (Å²) in [5, 5.41) is 0.598. The SMILES string of the molecule is COc1cc(Cl)ccc1CC(N)C(=O)N1Cc2ccccc2C1. The van der Waals surface area contributed by atoms with E-state index in [4.69, 9.17) is 22.1 Å². The first-order valence-corrected chi connectivity index (χ1v) is 7.90. The molecule has 0 spiro atoms. The van der Waals surface area contributed by atoms with Crippen molar-refractivity contribution in [3.8, 4) is 5.75 Å². The predicted molar refractivity (Wildman–Crippen MR) is 90.4 cm³/mol. The van der Waals surface area contributed by atoms with E-state index in [1.54, 1.807) is 24.1 Å². The fourth-order valence-electron chi connectivity index (χ4n) is 2.93. The summed E-state index contributed by atoms with van der Waals surface area (Å²) in [6, 6.07) is 12.9. The molecule has 120 valence electrons. The molecule has 1 aliphatic rings. The van der Waals surface area contributed by atoms with Crippen molar-refractivity contribution in [2.45, 2.75) is 25.6 Å². The maximum absolute atomic E-state index is 12.6. The number of amides is 1. The van der Waals surface area contributed by atoms with Crippen LogP contribution in [0.4, 0.5) is 0 Å². The molecule has 5 heteroatoms.